The van der Waals surface area contributed by atoms with E-state index < -0.39 is 0 Å². The van der Waals surface area contributed by atoms with Crippen LogP contribution in [0.2, 0.25) is 0 Å². The lowest BCUT2D eigenvalue weighted by Gasteiger charge is -2.12. The number of ether oxygens (including phenoxy) is 5. The predicted octanol–water partition coefficient (Wildman–Crippen LogP) is 3.46. The average Bonchev–Trinajstić information content (AvgIpc) is 2.66. The Hall–Kier alpha value is -3.22. The van der Waals surface area contributed by atoms with Crippen molar-refractivity contribution in [2.45, 2.75) is 0 Å². The molecule has 0 radical (unpaired) electrons. The highest BCUT2D eigenvalue weighted by Gasteiger charge is 2.13. The van der Waals surface area contributed by atoms with Gasteiger partial charge in [0.1, 0.15) is 12.1 Å². The lowest BCUT2D eigenvalue weighted by molar-refractivity contribution is 0.351. The first-order valence-corrected chi connectivity index (χ1v) is 7.46. The molecule has 7 nitrogen and oxygen atoms in total. The van der Waals surface area contributed by atoms with E-state index in [0.29, 0.717) is 45.5 Å². The summed E-state index contributed by atoms with van der Waals surface area (Å²) < 4.78 is 27.1. The maximum absolute atomic E-state index is 5.92. The van der Waals surface area contributed by atoms with E-state index in [0.717, 1.165) is 0 Å². The van der Waals surface area contributed by atoms with E-state index in [1.54, 1.807) is 58.8 Å². The number of nitrogens with zero attached hydrogens (tertiary/aromatic N) is 2. The molecule has 0 atom stereocenters. The zero-order valence-electron chi connectivity index (χ0n) is 14.4. The number of hydrogen-bond acceptors (Lipinski definition) is 7. The molecule has 7 heteroatoms. The fourth-order valence-corrected chi connectivity index (χ4v) is 2.43. The highest BCUT2D eigenvalue weighted by atomic mass is 16.5. The van der Waals surface area contributed by atoms with E-state index in [4.69, 9.17) is 23.7 Å². The molecule has 1 aromatic heterocycles. The summed E-state index contributed by atoms with van der Waals surface area (Å²) in [6, 6.07) is 8.83. The number of aromatic nitrogens is 2. The molecular weight excluding hydrogens is 324 g/mol. The molecule has 130 valence electrons. The minimum absolute atomic E-state index is 0.401. The van der Waals surface area contributed by atoms with Gasteiger partial charge in [-0.3, -0.25) is 0 Å². The van der Waals surface area contributed by atoms with Gasteiger partial charge in [-0.2, -0.15) is 0 Å². The van der Waals surface area contributed by atoms with Crippen LogP contribution >= 0.6 is 0 Å². The Morgan fingerprint density at radius 2 is 1.32 bits per heavy atom. The van der Waals surface area contributed by atoms with Crippen molar-refractivity contribution < 1.29 is 23.7 Å². The van der Waals surface area contributed by atoms with Gasteiger partial charge in [0.25, 0.3) is 0 Å². The summed E-state index contributed by atoms with van der Waals surface area (Å²) in [5, 5.41) is 0.704. The maximum Gasteiger partial charge on any atom is 0.230 e. The van der Waals surface area contributed by atoms with Gasteiger partial charge in [0.15, 0.2) is 23.0 Å². The summed E-state index contributed by atoms with van der Waals surface area (Å²) in [5.74, 6) is 3.31. The van der Waals surface area contributed by atoms with Gasteiger partial charge in [0.05, 0.1) is 39.3 Å². The highest BCUT2D eigenvalue weighted by Crippen LogP contribution is 2.37. The lowest BCUT2D eigenvalue weighted by Crippen LogP contribution is -1.96. The van der Waals surface area contributed by atoms with Crippen molar-refractivity contribution in [2.24, 2.45) is 0 Å². The highest BCUT2D eigenvalue weighted by molar-refractivity contribution is 5.87. The number of benzene rings is 2. The van der Waals surface area contributed by atoms with Gasteiger partial charge in [-0.1, -0.05) is 0 Å². The molecule has 0 saturated carbocycles. The summed E-state index contributed by atoms with van der Waals surface area (Å²) in [4.78, 5) is 8.49. The fraction of sp³-hybridized carbons (Fsp3) is 0.222. The molecule has 1 heterocycles. The van der Waals surface area contributed by atoms with Crippen LogP contribution in [0.1, 0.15) is 0 Å². The quantitative estimate of drug-likeness (QED) is 0.679. The van der Waals surface area contributed by atoms with Gasteiger partial charge in [0, 0.05) is 12.1 Å². The standard InChI is InChI=1S/C18H18N2O5/c1-21-14-6-5-11(7-15(14)22-2)25-18-12-8-16(23-3)17(24-4)9-13(12)19-10-20-18/h5-10H,1-4H3. The number of hydrogen-bond donors (Lipinski definition) is 0. The SMILES string of the molecule is COc1ccc(Oc2ncnc3cc(OC)c(OC)cc23)cc1OC. The van der Waals surface area contributed by atoms with E-state index in [9.17, 15) is 0 Å². The van der Waals surface area contributed by atoms with Gasteiger partial charge in [-0.15, -0.1) is 0 Å². The summed E-state index contributed by atoms with van der Waals surface area (Å²) in [6.45, 7) is 0. The molecule has 0 N–H and O–H groups in total. The molecule has 0 spiro atoms. The zero-order valence-corrected chi connectivity index (χ0v) is 14.4. The first-order valence-electron chi connectivity index (χ1n) is 7.46. The van der Waals surface area contributed by atoms with Crippen molar-refractivity contribution in [3.63, 3.8) is 0 Å². The second-order valence-electron chi connectivity index (χ2n) is 5.02. The van der Waals surface area contributed by atoms with Crippen molar-refractivity contribution in [2.75, 3.05) is 28.4 Å². The number of rotatable bonds is 6. The van der Waals surface area contributed by atoms with Gasteiger partial charge < -0.3 is 23.7 Å². The van der Waals surface area contributed by atoms with Crippen LogP contribution in [0.3, 0.4) is 0 Å². The Morgan fingerprint density at radius 1 is 0.680 bits per heavy atom. The first-order chi connectivity index (χ1) is 12.2. The van der Waals surface area contributed by atoms with E-state index in [-0.39, 0.29) is 0 Å². The molecule has 0 fully saturated rings. The van der Waals surface area contributed by atoms with Crippen LogP contribution in [0.25, 0.3) is 10.9 Å². The Morgan fingerprint density at radius 3 is 2.00 bits per heavy atom. The largest absolute Gasteiger partial charge is 0.493 e. The van der Waals surface area contributed by atoms with E-state index in [1.807, 2.05) is 0 Å². The van der Waals surface area contributed by atoms with Gasteiger partial charge >= 0.3 is 0 Å². The third-order valence-electron chi connectivity index (χ3n) is 3.67. The summed E-state index contributed by atoms with van der Waals surface area (Å²) in [6.07, 6.45) is 1.43. The van der Waals surface area contributed by atoms with E-state index in [2.05, 4.69) is 9.97 Å². The molecule has 0 aliphatic carbocycles. The number of methoxy groups -OCH3 is 4. The molecule has 0 unspecified atom stereocenters. The van der Waals surface area contributed by atoms with Gasteiger partial charge in [-0.05, 0) is 18.2 Å². The first kappa shape index (κ1) is 16.6. The monoisotopic (exact) mass is 342 g/mol. The third kappa shape index (κ3) is 3.21. The van der Waals surface area contributed by atoms with E-state index in [1.165, 1.54) is 6.33 Å². The average molecular weight is 342 g/mol. The molecule has 0 bridgehead atoms. The van der Waals surface area contributed by atoms with Crippen LogP contribution in [0.15, 0.2) is 36.7 Å². The molecule has 0 aliphatic rings. The van der Waals surface area contributed by atoms with Crippen molar-refractivity contribution in [1.82, 2.24) is 9.97 Å². The topological polar surface area (TPSA) is 71.9 Å². The second-order valence-corrected chi connectivity index (χ2v) is 5.02. The summed E-state index contributed by atoms with van der Waals surface area (Å²) >= 11 is 0. The van der Waals surface area contributed by atoms with Crippen LogP contribution in [0.5, 0.6) is 34.6 Å². The Kier molecular flexibility index (Phi) is 4.74. The zero-order chi connectivity index (χ0) is 17.8. The van der Waals surface area contributed by atoms with Crippen molar-refractivity contribution in [3.8, 4) is 34.6 Å². The number of fused-ring (bicyclic) bond motifs is 1. The van der Waals surface area contributed by atoms with Gasteiger partial charge in [0.2, 0.25) is 5.88 Å². The summed E-state index contributed by atoms with van der Waals surface area (Å²) in [5.41, 5.74) is 0.683. The predicted molar refractivity (Wildman–Crippen MR) is 92.3 cm³/mol. The van der Waals surface area contributed by atoms with Crippen LogP contribution < -0.4 is 23.7 Å². The smallest absolute Gasteiger partial charge is 0.230 e. The molecule has 0 amide bonds. The minimum Gasteiger partial charge on any atom is -0.493 e. The van der Waals surface area contributed by atoms with Crippen LogP contribution in [0.4, 0.5) is 0 Å². The molecule has 3 aromatic rings. The normalized spacial score (nSPS) is 10.4. The maximum atomic E-state index is 5.92. The molecule has 0 aliphatic heterocycles. The third-order valence-corrected chi connectivity index (χ3v) is 3.67. The molecular formula is C18H18N2O5. The lowest BCUT2D eigenvalue weighted by atomic mass is 10.2. The van der Waals surface area contributed by atoms with Gasteiger partial charge in [-0.25, -0.2) is 9.97 Å². The molecule has 2 aromatic carbocycles. The minimum atomic E-state index is 0.401. The van der Waals surface area contributed by atoms with Crippen LogP contribution in [0, 0.1) is 0 Å². The van der Waals surface area contributed by atoms with Crippen LogP contribution in [-0.2, 0) is 0 Å². The Bertz CT molecular complexity index is 898. The molecule has 25 heavy (non-hydrogen) atoms. The van der Waals surface area contributed by atoms with Crippen molar-refractivity contribution in [1.29, 1.82) is 0 Å². The summed E-state index contributed by atoms with van der Waals surface area (Å²) in [7, 11) is 6.29. The fourth-order valence-electron chi connectivity index (χ4n) is 2.43. The second kappa shape index (κ2) is 7.12. The van der Waals surface area contributed by atoms with E-state index >= 15 is 0 Å². The van der Waals surface area contributed by atoms with Crippen molar-refractivity contribution in [3.05, 3.63) is 36.7 Å². The molecule has 0 saturated heterocycles. The van der Waals surface area contributed by atoms with Crippen LogP contribution in [-0.4, -0.2) is 38.4 Å². The van der Waals surface area contributed by atoms with Crippen molar-refractivity contribution >= 4 is 10.9 Å². The Labute approximate surface area is 145 Å². The molecule has 3 rings (SSSR count). The Balaban J connectivity index is 2.04.